The van der Waals surface area contributed by atoms with E-state index in [1.807, 2.05) is 19.0 Å². The van der Waals surface area contributed by atoms with Gasteiger partial charge in [-0.25, -0.2) is 4.79 Å². The van der Waals surface area contributed by atoms with Crippen LogP contribution in [0.4, 0.5) is 4.79 Å². The molecule has 0 aliphatic heterocycles. The second kappa shape index (κ2) is 6.08. The predicted octanol–water partition coefficient (Wildman–Crippen LogP) is 1.29. The Bertz CT molecular complexity index is 139. The average molecular weight is 196 g/mol. The van der Waals surface area contributed by atoms with E-state index in [0.717, 1.165) is 0 Å². The molecule has 0 aliphatic carbocycles. The molecule has 0 fully saturated rings. The Morgan fingerprint density at radius 3 is 2.58 bits per heavy atom. The maximum absolute atomic E-state index is 10.7. The lowest BCUT2D eigenvalue weighted by molar-refractivity contribution is 0.0460. The number of alkyl halides is 1. The Morgan fingerprint density at radius 2 is 2.17 bits per heavy atom. The quantitative estimate of drug-likeness (QED) is 0.501. The lowest BCUT2D eigenvalue weighted by Crippen LogP contribution is -2.21. The molecule has 0 rings (SSSR count). The number of carbonyl (C=O) groups excluding carboxylic acids is 1. The first-order chi connectivity index (χ1) is 5.52. The fourth-order valence-electron chi connectivity index (χ4n) is 0.478. The fraction of sp³-hybridized carbons (Fsp3) is 0.857. The normalized spacial score (nSPS) is 12.8. The standard InChI is InChI=1S/C7H14ClNO3/c1-6(8)12-7(10)11-5-4-9(2)3/h6H,4-5H2,1-3H3. The van der Waals surface area contributed by atoms with E-state index >= 15 is 0 Å². The van der Waals surface area contributed by atoms with Crippen LogP contribution in [0.2, 0.25) is 0 Å². The average Bonchev–Trinajstić information content (AvgIpc) is 1.84. The minimum absolute atomic E-state index is 0.315. The number of hydrogen-bond donors (Lipinski definition) is 0. The number of likely N-dealkylation sites (N-methyl/N-ethyl adjacent to an activating group) is 1. The van der Waals surface area contributed by atoms with Crippen molar-refractivity contribution in [3.63, 3.8) is 0 Å². The molecule has 5 heteroatoms. The van der Waals surface area contributed by atoms with Crippen LogP contribution in [0, 0.1) is 0 Å². The van der Waals surface area contributed by atoms with Gasteiger partial charge in [0.25, 0.3) is 0 Å². The van der Waals surface area contributed by atoms with Crippen LogP contribution in [0.15, 0.2) is 0 Å². The zero-order valence-electron chi connectivity index (χ0n) is 7.54. The second-order valence-corrected chi connectivity index (χ2v) is 3.18. The number of nitrogens with zero attached hydrogens (tertiary/aromatic N) is 1. The van der Waals surface area contributed by atoms with Crippen LogP contribution in [-0.4, -0.2) is 43.9 Å². The van der Waals surface area contributed by atoms with E-state index in [0.29, 0.717) is 13.2 Å². The van der Waals surface area contributed by atoms with Crippen molar-refractivity contribution in [3.05, 3.63) is 0 Å². The molecule has 72 valence electrons. The van der Waals surface area contributed by atoms with Gasteiger partial charge in [0.05, 0.1) is 0 Å². The molecular formula is C7H14ClNO3. The van der Waals surface area contributed by atoms with Crippen LogP contribution < -0.4 is 0 Å². The first-order valence-electron chi connectivity index (χ1n) is 3.64. The highest BCUT2D eigenvalue weighted by molar-refractivity contribution is 6.19. The van der Waals surface area contributed by atoms with E-state index in [1.165, 1.54) is 0 Å². The summed E-state index contributed by atoms with van der Waals surface area (Å²) in [6.07, 6.45) is -0.723. The van der Waals surface area contributed by atoms with Crippen LogP contribution in [0.3, 0.4) is 0 Å². The summed E-state index contributed by atoms with van der Waals surface area (Å²) in [7, 11) is 3.78. The first kappa shape index (κ1) is 11.5. The molecule has 0 aromatic heterocycles. The van der Waals surface area contributed by atoms with Gasteiger partial charge in [-0.1, -0.05) is 11.6 Å². The van der Waals surface area contributed by atoms with Gasteiger partial charge in [0.15, 0.2) is 5.56 Å². The van der Waals surface area contributed by atoms with Gasteiger partial charge in [-0.3, -0.25) is 0 Å². The Morgan fingerprint density at radius 1 is 1.58 bits per heavy atom. The van der Waals surface area contributed by atoms with Crippen molar-refractivity contribution < 1.29 is 14.3 Å². The van der Waals surface area contributed by atoms with E-state index in [4.69, 9.17) is 11.6 Å². The van der Waals surface area contributed by atoms with Crippen LogP contribution in [0.5, 0.6) is 0 Å². The summed E-state index contributed by atoms with van der Waals surface area (Å²) in [4.78, 5) is 12.6. The lowest BCUT2D eigenvalue weighted by atomic mass is 10.6. The van der Waals surface area contributed by atoms with E-state index in [9.17, 15) is 4.79 Å². The van der Waals surface area contributed by atoms with Gasteiger partial charge in [0.2, 0.25) is 0 Å². The monoisotopic (exact) mass is 195 g/mol. The molecule has 0 saturated carbocycles. The molecule has 0 bridgehead atoms. The summed E-state index contributed by atoms with van der Waals surface area (Å²) < 4.78 is 9.19. The molecule has 0 amide bonds. The zero-order valence-corrected chi connectivity index (χ0v) is 8.30. The van der Waals surface area contributed by atoms with Crippen molar-refractivity contribution in [1.29, 1.82) is 0 Å². The largest absolute Gasteiger partial charge is 0.509 e. The van der Waals surface area contributed by atoms with Crippen LogP contribution >= 0.6 is 11.6 Å². The highest BCUT2D eigenvalue weighted by Crippen LogP contribution is 1.97. The maximum Gasteiger partial charge on any atom is 0.509 e. The SMILES string of the molecule is CC(Cl)OC(=O)OCCN(C)C. The number of ether oxygens (including phenoxy) is 2. The number of rotatable bonds is 4. The van der Waals surface area contributed by atoms with Crippen LogP contribution in [0.1, 0.15) is 6.92 Å². The van der Waals surface area contributed by atoms with E-state index < -0.39 is 11.7 Å². The van der Waals surface area contributed by atoms with Crippen molar-refractivity contribution in [2.24, 2.45) is 0 Å². The van der Waals surface area contributed by atoms with Crippen molar-refractivity contribution in [2.45, 2.75) is 12.5 Å². The molecule has 0 heterocycles. The van der Waals surface area contributed by atoms with Gasteiger partial charge in [0, 0.05) is 6.54 Å². The second-order valence-electron chi connectivity index (χ2n) is 2.56. The number of halogens is 1. The fourth-order valence-corrected chi connectivity index (χ4v) is 0.551. The molecule has 12 heavy (non-hydrogen) atoms. The molecule has 0 aromatic carbocycles. The summed E-state index contributed by atoms with van der Waals surface area (Å²) in [5, 5.41) is 0. The third-order valence-electron chi connectivity index (χ3n) is 1.02. The van der Waals surface area contributed by atoms with Crippen molar-refractivity contribution in [1.82, 2.24) is 4.90 Å². The van der Waals surface area contributed by atoms with Gasteiger partial charge in [-0.05, 0) is 21.0 Å². The van der Waals surface area contributed by atoms with E-state index in [2.05, 4.69) is 9.47 Å². The summed E-state index contributed by atoms with van der Waals surface area (Å²) in [5.74, 6) is 0. The highest BCUT2D eigenvalue weighted by Gasteiger charge is 2.06. The summed E-state index contributed by atoms with van der Waals surface area (Å²) >= 11 is 5.38. The zero-order chi connectivity index (χ0) is 9.56. The molecule has 4 nitrogen and oxygen atoms in total. The van der Waals surface area contributed by atoms with Gasteiger partial charge in [-0.15, -0.1) is 0 Å². The third-order valence-corrected chi connectivity index (χ3v) is 1.11. The smallest absolute Gasteiger partial charge is 0.433 e. The molecule has 0 aliphatic rings. The Labute approximate surface area is 77.4 Å². The molecular weight excluding hydrogens is 182 g/mol. The third kappa shape index (κ3) is 7.63. The van der Waals surface area contributed by atoms with Crippen molar-refractivity contribution in [2.75, 3.05) is 27.2 Å². The molecule has 0 saturated heterocycles. The molecule has 1 atom stereocenters. The number of carbonyl (C=O) groups is 1. The van der Waals surface area contributed by atoms with E-state index in [1.54, 1.807) is 6.92 Å². The van der Waals surface area contributed by atoms with Gasteiger partial charge in [-0.2, -0.15) is 0 Å². The first-order valence-corrected chi connectivity index (χ1v) is 4.08. The molecule has 0 radical (unpaired) electrons. The summed E-state index contributed by atoms with van der Waals surface area (Å²) in [5.41, 5.74) is -0.642. The van der Waals surface area contributed by atoms with Crippen LogP contribution in [0.25, 0.3) is 0 Å². The van der Waals surface area contributed by atoms with Crippen LogP contribution in [-0.2, 0) is 9.47 Å². The van der Waals surface area contributed by atoms with Gasteiger partial charge >= 0.3 is 6.16 Å². The Kier molecular flexibility index (Phi) is 5.84. The van der Waals surface area contributed by atoms with Gasteiger partial charge in [0.1, 0.15) is 6.61 Å². The van der Waals surface area contributed by atoms with Crippen molar-refractivity contribution in [3.8, 4) is 0 Å². The summed E-state index contributed by atoms with van der Waals surface area (Å²) in [6, 6.07) is 0. The summed E-state index contributed by atoms with van der Waals surface area (Å²) in [6.45, 7) is 2.54. The molecule has 0 N–H and O–H groups in total. The lowest BCUT2D eigenvalue weighted by Gasteiger charge is -2.10. The Hall–Kier alpha value is -0.480. The molecule has 0 spiro atoms. The predicted molar refractivity (Wildman–Crippen MR) is 46.3 cm³/mol. The Balaban J connectivity index is 3.32. The molecule has 0 aromatic rings. The van der Waals surface area contributed by atoms with Gasteiger partial charge < -0.3 is 14.4 Å². The molecule has 1 unspecified atom stereocenters. The van der Waals surface area contributed by atoms with Crippen molar-refractivity contribution >= 4 is 17.8 Å². The van der Waals surface area contributed by atoms with E-state index in [-0.39, 0.29) is 0 Å². The maximum atomic E-state index is 10.7. The minimum atomic E-state index is -0.723. The highest BCUT2D eigenvalue weighted by atomic mass is 35.5. The number of hydrogen-bond acceptors (Lipinski definition) is 4. The minimum Gasteiger partial charge on any atom is -0.433 e. The topological polar surface area (TPSA) is 38.8 Å².